The Labute approximate surface area is 215 Å². The van der Waals surface area contributed by atoms with Crippen molar-refractivity contribution in [3.63, 3.8) is 0 Å². The number of hydrogen-bond acceptors (Lipinski definition) is 6. The maximum absolute atomic E-state index is 13.2. The van der Waals surface area contributed by atoms with Crippen LogP contribution in [0.2, 0.25) is 0 Å². The molecule has 0 radical (unpaired) electrons. The van der Waals surface area contributed by atoms with Crippen LogP contribution in [0.15, 0.2) is 79.6 Å². The smallest absolute Gasteiger partial charge is 0.253 e. The predicted octanol–water partition coefficient (Wildman–Crippen LogP) is 2.92. The minimum atomic E-state index is -0.0816. The summed E-state index contributed by atoms with van der Waals surface area (Å²) in [6, 6.07) is 15.4. The van der Waals surface area contributed by atoms with Gasteiger partial charge in [-0.2, -0.15) is 5.10 Å². The molecule has 2 aromatic carbocycles. The third-order valence-electron chi connectivity index (χ3n) is 6.40. The van der Waals surface area contributed by atoms with E-state index in [1.54, 1.807) is 52.4 Å². The molecule has 2 bridgehead atoms. The molecule has 0 fully saturated rings. The zero-order valence-corrected chi connectivity index (χ0v) is 20.7. The zero-order chi connectivity index (χ0) is 25.6. The second kappa shape index (κ2) is 11.0. The van der Waals surface area contributed by atoms with Gasteiger partial charge in [-0.25, -0.2) is 9.97 Å². The molecule has 37 heavy (non-hydrogen) atoms. The monoisotopic (exact) mass is 496 g/mol. The van der Waals surface area contributed by atoms with Gasteiger partial charge in [0.25, 0.3) is 5.91 Å². The van der Waals surface area contributed by atoms with E-state index in [-0.39, 0.29) is 18.4 Å². The minimum Gasteiger partial charge on any atom is -0.491 e. The first kappa shape index (κ1) is 24.2. The van der Waals surface area contributed by atoms with Crippen molar-refractivity contribution in [3.8, 4) is 16.9 Å². The van der Waals surface area contributed by atoms with E-state index in [0.29, 0.717) is 38.2 Å². The van der Waals surface area contributed by atoms with Crippen molar-refractivity contribution in [1.29, 1.82) is 0 Å². The number of amides is 2. The highest BCUT2D eigenvalue weighted by Crippen LogP contribution is 2.28. The fraction of sp³-hybridized carbons (Fsp3) is 0.250. The Morgan fingerprint density at radius 2 is 1.84 bits per heavy atom. The molecule has 2 aromatic heterocycles. The van der Waals surface area contributed by atoms with Gasteiger partial charge >= 0.3 is 0 Å². The van der Waals surface area contributed by atoms with Gasteiger partial charge in [0.05, 0.1) is 6.54 Å². The summed E-state index contributed by atoms with van der Waals surface area (Å²) in [5.41, 5.74) is 4.49. The van der Waals surface area contributed by atoms with Gasteiger partial charge < -0.3 is 14.5 Å². The van der Waals surface area contributed by atoms with Gasteiger partial charge in [0, 0.05) is 62.5 Å². The topological polar surface area (TPSA) is 93.5 Å². The lowest BCUT2D eigenvalue weighted by molar-refractivity contribution is -0.132. The molecule has 0 saturated carbocycles. The first-order chi connectivity index (χ1) is 18.1. The molecule has 5 rings (SSSR count). The summed E-state index contributed by atoms with van der Waals surface area (Å²) in [5.74, 6) is 0.581. The summed E-state index contributed by atoms with van der Waals surface area (Å²) < 4.78 is 7.83. The van der Waals surface area contributed by atoms with E-state index in [1.807, 2.05) is 36.4 Å². The first-order valence-electron chi connectivity index (χ1n) is 12.2. The van der Waals surface area contributed by atoms with Gasteiger partial charge in [-0.3, -0.25) is 14.3 Å². The first-order valence-corrected chi connectivity index (χ1v) is 12.2. The van der Waals surface area contributed by atoms with Crippen LogP contribution in [0, 0.1) is 0 Å². The standard InChI is InChI=1S/C28H28N6O3/c1-32-10-11-33(27(35)19-34-9-3-8-31-34)12-13-37-26-7-6-22(25-17-29-20-30-18-25)16-24(26)15-21-4-2-5-23(14-21)28(32)36/h2-9,14,16-18,20H,10-13,15,19H2,1H3. The van der Waals surface area contributed by atoms with Crippen molar-refractivity contribution in [1.82, 2.24) is 29.5 Å². The van der Waals surface area contributed by atoms with Gasteiger partial charge in [-0.05, 0) is 47.0 Å². The molecular weight excluding hydrogens is 468 g/mol. The number of carbonyl (C=O) groups excluding carboxylic acids is 2. The second-order valence-electron chi connectivity index (χ2n) is 8.99. The largest absolute Gasteiger partial charge is 0.491 e. The van der Waals surface area contributed by atoms with Crippen molar-refractivity contribution in [3.05, 3.63) is 96.3 Å². The molecule has 0 atom stereocenters. The van der Waals surface area contributed by atoms with E-state index < -0.39 is 0 Å². The molecule has 9 nitrogen and oxygen atoms in total. The Bertz CT molecular complexity index is 1370. The van der Waals surface area contributed by atoms with E-state index in [9.17, 15) is 9.59 Å². The van der Waals surface area contributed by atoms with Gasteiger partial charge in [0.2, 0.25) is 5.91 Å². The number of fused-ring (bicyclic) bond motifs is 3. The van der Waals surface area contributed by atoms with E-state index in [2.05, 4.69) is 21.1 Å². The molecular formula is C28H28N6O3. The molecule has 0 unspecified atom stereocenters. The maximum atomic E-state index is 13.2. The Kier molecular flexibility index (Phi) is 7.21. The molecule has 2 amide bonds. The Morgan fingerprint density at radius 1 is 0.973 bits per heavy atom. The molecule has 9 heteroatoms. The molecule has 0 saturated heterocycles. The van der Waals surface area contributed by atoms with E-state index in [1.165, 1.54) is 6.33 Å². The molecule has 0 N–H and O–H groups in total. The van der Waals surface area contributed by atoms with Crippen LogP contribution in [0.25, 0.3) is 11.1 Å². The van der Waals surface area contributed by atoms with Crippen LogP contribution >= 0.6 is 0 Å². The number of carbonyl (C=O) groups is 2. The number of benzene rings is 2. The number of aromatic nitrogens is 4. The van der Waals surface area contributed by atoms with E-state index in [0.717, 1.165) is 28.0 Å². The van der Waals surface area contributed by atoms with Crippen LogP contribution in [0.1, 0.15) is 21.5 Å². The lowest BCUT2D eigenvalue weighted by atomic mass is 9.98. The lowest BCUT2D eigenvalue weighted by Gasteiger charge is -2.27. The molecule has 1 aliphatic heterocycles. The summed E-state index contributed by atoms with van der Waals surface area (Å²) in [4.78, 5) is 37.9. The van der Waals surface area contributed by atoms with Gasteiger partial charge in [-0.1, -0.05) is 18.2 Å². The second-order valence-corrected chi connectivity index (χ2v) is 8.99. The number of likely N-dealkylation sites (N-methyl/N-ethyl adjacent to an activating group) is 1. The predicted molar refractivity (Wildman–Crippen MR) is 138 cm³/mol. The van der Waals surface area contributed by atoms with Crippen molar-refractivity contribution >= 4 is 11.8 Å². The van der Waals surface area contributed by atoms with Crippen molar-refractivity contribution in [2.75, 3.05) is 33.3 Å². The number of hydrogen-bond donors (Lipinski definition) is 0. The van der Waals surface area contributed by atoms with Crippen LogP contribution in [-0.4, -0.2) is 74.7 Å². The average molecular weight is 497 g/mol. The van der Waals surface area contributed by atoms with Crippen molar-refractivity contribution in [2.24, 2.45) is 0 Å². The Balaban J connectivity index is 1.46. The molecule has 0 spiro atoms. The Hall–Kier alpha value is -4.53. The van der Waals surface area contributed by atoms with Crippen molar-refractivity contribution < 1.29 is 14.3 Å². The van der Waals surface area contributed by atoms with E-state index in [4.69, 9.17) is 4.74 Å². The molecule has 4 aromatic rings. The van der Waals surface area contributed by atoms with Gasteiger partial charge in [0.15, 0.2) is 0 Å². The van der Waals surface area contributed by atoms with Crippen LogP contribution in [0.3, 0.4) is 0 Å². The highest BCUT2D eigenvalue weighted by atomic mass is 16.5. The summed E-state index contributed by atoms with van der Waals surface area (Å²) in [6.07, 6.45) is 9.04. The highest BCUT2D eigenvalue weighted by molar-refractivity contribution is 5.94. The number of rotatable bonds is 3. The van der Waals surface area contributed by atoms with Crippen LogP contribution in [0.4, 0.5) is 0 Å². The summed E-state index contributed by atoms with van der Waals surface area (Å²) in [7, 11) is 1.76. The third kappa shape index (κ3) is 5.83. The van der Waals surface area contributed by atoms with Gasteiger partial charge in [0.1, 0.15) is 25.2 Å². The van der Waals surface area contributed by atoms with E-state index >= 15 is 0 Å². The maximum Gasteiger partial charge on any atom is 0.253 e. The summed E-state index contributed by atoms with van der Waals surface area (Å²) in [5, 5.41) is 4.15. The normalized spacial score (nSPS) is 14.5. The Morgan fingerprint density at radius 3 is 2.65 bits per heavy atom. The lowest BCUT2D eigenvalue weighted by Crippen LogP contribution is -2.42. The molecule has 188 valence electrons. The highest BCUT2D eigenvalue weighted by Gasteiger charge is 2.19. The number of nitrogens with zero attached hydrogens (tertiary/aromatic N) is 6. The van der Waals surface area contributed by atoms with Crippen LogP contribution in [0.5, 0.6) is 5.75 Å². The summed E-state index contributed by atoms with van der Waals surface area (Å²) >= 11 is 0. The summed E-state index contributed by atoms with van der Waals surface area (Å²) in [6.45, 7) is 1.65. The van der Waals surface area contributed by atoms with Crippen molar-refractivity contribution in [2.45, 2.75) is 13.0 Å². The van der Waals surface area contributed by atoms with Crippen LogP contribution in [-0.2, 0) is 17.8 Å². The van der Waals surface area contributed by atoms with Gasteiger partial charge in [-0.15, -0.1) is 0 Å². The average Bonchev–Trinajstić information content (AvgIpc) is 3.44. The molecule has 1 aliphatic rings. The quantitative estimate of drug-likeness (QED) is 0.433. The molecule has 0 aliphatic carbocycles. The zero-order valence-electron chi connectivity index (χ0n) is 20.7. The minimum absolute atomic E-state index is 0.0787. The number of ether oxygens (including phenoxy) is 1. The molecule has 3 heterocycles. The fourth-order valence-corrected chi connectivity index (χ4v) is 4.37. The fourth-order valence-electron chi connectivity index (χ4n) is 4.37. The SMILES string of the molecule is CN1CCN(C(=O)Cn2cccn2)CCOc2ccc(-c3cncnc3)cc2Cc2cccc(c2)C1=O. The third-order valence-corrected chi connectivity index (χ3v) is 6.40. The van der Waals surface area contributed by atoms with Crippen LogP contribution < -0.4 is 4.74 Å².